The van der Waals surface area contributed by atoms with E-state index in [1.54, 1.807) is 13.3 Å². The first-order valence-electron chi connectivity index (χ1n) is 9.47. The first-order valence-corrected chi connectivity index (χ1v) is 9.47. The number of rotatable bonds is 5. The second-order valence-electron chi connectivity index (χ2n) is 6.85. The normalized spacial score (nSPS) is 18.0. The summed E-state index contributed by atoms with van der Waals surface area (Å²) in [7, 11) is 1.65. The number of ether oxygens (including phenoxy) is 1. The number of fused-ring (bicyclic) bond motifs is 1. The molecule has 29 heavy (non-hydrogen) atoms. The van der Waals surface area contributed by atoms with Crippen molar-refractivity contribution in [2.45, 2.75) is 12.6 Å². The van der Waals surface area contributed by atoms with Gasteiger partial charge in [-0.1, -0.05) is 18.2 Å². The van der Waals surface area contributed by atoms with Crippen LogP contribution >= 0.6 is 0 Å². The SMILES string of the molecule is COc1cccc(CN)c1.O=C(O)[C@H]1CNC[C@@H]1Nc1ccc2cnccc2c1. The molecule has 0 unspecified atom stereocenters. The Bertz CT molecular complexity index is 944. The van der Waals surface area contributed by atoms with Gasteiger partial charge >= 0.3 is 5.97 Å². The van der Waals surface area contributed by atoms with Gasteiger partial charge in [0.05, 0.1) is 19.1 Å². The van der Waals surface area contributed by atoms with Crippen molar-refractivity contribution < 1.29 is 14.6 Å². The predicted octanol–water partition coefficient (Wildman–Crippen LogP) is 2.47. The number of hydrogen-bond donors (Lipinski definition) is 4. The second kappa shape index (κ2) is 9.86. The highest BCUT2D eigenvalue weighted by Gasteiger charge is 2.32. The number of pyridine rings is 1. The highest BCUT2D eigenvalue weighted by Crippen LogP contribution is 2.21. The van der Waals surface area contributed by atoms with E-state index in [9.17, 15) is 4.79 Å². The van der Waals surface area contributed by atoms with E-state index in [1.165, 1.54) is 0 Å². The molecule has 7 heteroatoms. The van der Waals surface area contributed by atoms with E-state index >= 15 is 0 Å². The molecule has 152 valence electrons. The zero-order valence-corrected chi connectivity index (χ0v) is 16.3. The summed E-state index contributed by atoms with van der Waals surface area (Å²) >= 11 is 0. The van der Waals surface area contributed by atoms with Gasteiger partial charge in [0.25, 0.3) is 0 Å². The van der Waals surface area contributed by atoms with E-state index < -0.39 is 5.97 Å². The van der Waals surface area contributed by atoms with Crippen LogP contribution in [0.4, 0.5) is 5.69 Å². The number of benzene rings is 2. The lowest BCUT2D eigenvalue weighted by Gasteiger charge is -2.18. The second-order valence-corrected chi connectivity index (χ2v) is 6.85. The fourth-order valence-corrected chi connectivity index (χ4v) is 3.28. The standard InChI is InChI=1S/C14H15N3O2.C8H11NO/c18-14(19)12-7-16-8-13(12)17-11-2-1-10-6-15-4-3-9(10)5-11;1-10-8-4-2-3-7(5-8)6-9/h1-6,12-13,16-17H,7-8H2,(H,18,19);2-5H,6,9H2,1H3/t12-,13-;/m0./s1. The molecule has 1 aromatic heterocycles. The average molecular weight is 394 g/mol. The number of carbonyl (C=O) groups is 1. The Labute approximate surface area is 169 Å². The molecule has 0 saturated carbocycles. The van der Waals surface area contributed by atoms with Crippen LogP contribution in [-0.4, -0.2) is 42.3 Å². The molecule has 1 aliphatic heterocycles. The summed E-state index contributed by atoms with van der Waals surface area (Å²) < 4.78 is 5.00. The van der Waals surface area contributed by atoms with Gasteiger partial charge in [-0.3, -0.25) is 9.78 Å². The summed E-state index contributed by atoms with van der Waals surface area (Å²) in [6, 6.07) is 15.6. The lowest BCUT2D eigenvalue weighted by molar-refractivity contribution is -0.141. The van der Waals surface area contributed by atoms with Crippen LogP contribution in [0.5, 0.6) is 5.75 Å². The molecule has 2 aromatic carbocycles. The van der Waals surface area contributed by atoms with Gasteiger partial charge in [0.15, 0.2) is 0 Å². The van der Waals surface area contributed by atoms with Gasteiger partial charge in [0.2, 0.25) is 0 Å². The van der Waals surface area contributed by atoms with Crippen LogP contribution in [0, 0.1) is 5.92 Å². The molecule has 0 aliphatic carbocycles. The van der Waals surface area contributed by atoms with Gasteiger partial charge in [0, 0.05) is 43.1 Å². The fourth-order valence-electron chi connectivity index (χ4n) is 3.28. The molecule has 0 bridgehead atoms. The molecule has 1 fully saturated rings. The Hall–Kier alpha value is -3.16. The van der Waals surface area contributed by atoms with Gasteiger partial charge in [-0.2, -0.15) is 0 Å². The number of nitrogens with zero attached hydrogens (tertiary/aromatic N) is 1. The molecule has 0 radical (unpaired) electrons. The van der Waals surface area contributed by atoms with Crippen LogP contribution in [0.1, 0.15) is 5.56 Å². The molecular formula is C22H26N4O3. The Morgan fingerprint density at radius 2 is 2.10 bits per heavy atom. The largest absolute Gasteiger partial charge is 0.497 e. The summed E-state index contributed by atoms with van der Waals surface area (Å²) in [5, 5.41) is 17.7. The molecule has 1 aliphatic rings. The molecule has 2 heterocycles. The third-order valence-corrected chi connectivity index (χ3v) is 4.89. The number of hydrogen-bond acceptors (Lipinski definition) is 6. The Kier molecular flexibility index (Phi) is 6.99. The Morgan fingerprint density at radius 3 is 2.86 bits per heavy atom. The third kappa shape index (κ3) is 5.43. The van der Waals surface area contributed by atoms with Crippen molar-refractivity contribution in [2.24, 2.45) is 11.7 Å². The van der Waals surface area contributed by atoms with Crippen LogP contribution < -0.4 is 21.1 Å². The van der Waals surface area contributed by atoms with Crippen molar-refractivity contribution in [2.75, 3.05) is 25.5 Å². The number of nitrogens with two attached hydrogens (primary N) is 1. The maximum Gasteiger partial charge on any atom is 0.309 e. The van der Waals surface area contributed by atoms with Crippen LogP contribution in [0.15, 0.2) is 60.9 Å². The van der Waals surface area contributed by atoms with Crippen LogP contribution in [-0.2, 0) is 11.3 Å². The van der Waals surface area contributed by atoms with Crippen molar-refractivity contribution in [3.05, 3.63) is 66.5 Å². The highest BCUT2D eigenvalue weighted by atomic mass is 16.5. The Morgan fingerprint density at radius 1 is 1.24 bits per heavy atom. The first-order chi connectivity index (χ1) is 14.1. The fraction of sp³-hybridized carbons (Fsp3) is 0.273. The molecule has 2 atom stereocenters. The number of nitrogens with one attached hydrogen (secondary N) is 2. The summed E-state index contributed by atoms with van der Waals surface area (Å²) in [6.07, 6.45) is 3.57. The first kappa shape index (κ1) is 20.6. The van der Waals surface area contributed by atoms with Gasteiger partial charge in [-0.25, -0.2) is 0 Å². The monoisotopic (exact) mass is 394 g/mol. The number of aliphatic carboxylic acids is 1. The summed E-state index contributed by atoms with van der Waals surface area (Å²) in [6.45, 7) is 1.76. The van der Waals surface area contributed by atoms with Crippen molar-refractivity contribution in [3.63, 3.8) is 0 Å². The van der Waals surface area contributed by atoms with E-state index in [2.05, 4.69) is 15.6 Å². The number of methoxy groups -OCH3 is 1. The highest BCUT2D eigenvalue weighted by molar-refractivity contribution is 5.85. The average Bonchev–Trinajstić information content (AvgIpc) is 3.22. The van der Waals surface area contributed by atoms with Crippen molar-refractivity contribution in [1.29, 1.82) is 0 Å². The van der Waals surface area contributed by atoms with Gasteiger partial charge in [0.1, 0.15) is 5.75 Å². The van der Waals surface area contributed by atoms with E-state index in [4.69, 9.17) is 15.6 Å². The number of carboxylic acids is 1. The molecule has 4 rings (SSSR count). The maximum absolute atomic E-state index is 11.1. The van der Waals surface area contributed by atoms with E-state index in [0.717, 1.165) is 27.8 Å². The van der Waals surface area contributed by atoms with Crippen molar-refractivity contribution in [3.8, 4) is 5.75 Å². The predicted molar refractivity (Wildman–Crippen MR) is 114 cm³/mol. The molecule has 1 saturated heterocycles. The van der Waals surface area contributed by atoms with E-state index in [1.807, 2.05) is 54.7 Å². The topological polar surface area (TPSA) is 110 Å². The molecular weight excluding hydrogens is 368 g/mol. The van der Waals surface area contributed by atoms with Gasteiger partial charge in [-0.15, -0.1) is 0 Å². The molecule has 0 amide bonds. The third-order valence-electron chi connectivity index (χ3n) is 4.89. The summed E-state index contributed by atoms with van der Waals surface area (Å²) in [5.41, 5.74) is 7.46. The molecule has 7 nitrogen and oxygen atoms in total. The summed E-state index contributed by atoms with van der Waals surface area (Å²) in [4.78, 5) is 15.2. The number of anilines is 1. The number of carboxylic acid groups (broad SMARTS) is 1. The van der Waals surface area contributed by atoms with Crippen molar-refractivity contribution >= 4 is 22.4 Å². The van der Waals surface area contributed by atoms with Gasteiger partial charge < -0.3 is 26.2 Å². The zero-order chi connectivity index (χ0) is 20.6. The van der Waals surface area contributed by atoms with Gasteiger partial charge in [-0.05, 0) is 41.3 Å². The lowest BCUT2D eigenvalue weighted by atomic mass is 10.0. The van der Waals surface area contributed by atoms with Crippen LogP contribution in [0.3, 0.4) is 0 Å². The quantitative estimate of drug-likeness (QED) is 0.526. The molecule has 0 spiro atoms. The van der Waals surface area contributed by atoms with E-state index in [-0.39, 0.29) is 12.0 Å². The number of aromatic nitrogens is 1. The summed E-state index contributed by atoms with van der Waals surface area (Å²) in [5.74, 6) is -0.274. The minimum absolute atomic E-state index is 0.0724. The lowest BCUT2D eigenvalue weighted by Crippen LogP contribution is -2.33. The molecule has 3 aromatic rings. The molecule has 5 N–H and O–H groups in total. The maximum atomic E-state index is 11.1. The van der Waals surface area contributed by atoms with Crippen molar-refractivity contribution in [1.82, 2.24) is 10.3 Å². The minimum Gasteiger partial charge on any atom is -0.497 e. The van der Waals surface area contributed by atoms with E-state index in [0.29, 0.717) is 19.6 Å². The Balaban J connectivity index is 0.000000204. The zero-order valence-electron chi connectivity index (χ0n) is 16.3. The minimum atomic E-state index is -0.757. The van der Waals surface area contributed by atoms with Crippen LogP contribution in [0.2, 0.25) is 0 Å². The smallest absolute Gasteiger partial charge is 0.309 e. The van der Waals surface area contributed by atoms with Crippen LogP contribution in [0.25, 0.3) is 10.8 Å².